The third kappa shape index (κ3) is 2.45. The van der Waals surface area contributed by atoms with Gasteiger partial charge in [0.1, 0.15) is 0 Å². The van der Waals surface area contributed by atoms with E-state index in [0.29, 0.717) is 5.41 Å². The summed E-state index contributed by atoms with van der Waals surface area (Å²) in [7, 11) is 0. The van der Waals surface area contributed by atoms with Crippen LogP contribution in [0.15, 0.2) is 0 Å². The van der Waals surface area contributed by atoms with Gasteiger partial charge >= 0.3 is 0 Å². The van der Waals surface area contributed by atoms with Crippen molar-refractivity contribution < 1.29 is 4.74 Å². The van der Waals surface area contributed by atoms with E-state index in [1.807, 2.05) is 0 Å². The van der Waals surface area contributed by atoms with Gasteiger partial charge in [0.05, 0.1) is 0 Å². The molecular weight excluding hydrogens is 204 g/mol. The molecule has 0 unspecified atom stereocenters. The van der Waals surface area contributed by atoms with Crippen LogP contribution in [0.3, 0.4) is 0 Å². The molecule has 11 heavy (non-hydrogen) atoms. The number of hydrogen-bond donors (Lipinski definition) is 0. The van der Waals surface area contributed by atoms with Crippen molar-refractivity contribution >= 4 is 15.9 Å². The summed E-state index contributed by atoms with van der Waals surface area (Å²) in [5.74, 6) is 0.843. The van der Waals surface area contributed by atoms with Crippen molar-refractivity contribution in [1.82, 2.24) is 0 Å². The monoisotopic (exact) mass is 220 g/mol. The van der Waals surface area contributed by atoms with Gasteiger partial charge in [-0.05, 0) is 24.2 Å². The highest BCUT2D eigenvalue weighted by Crippen LogP contribution is 2.35. The molecule has 1 heterocycles. The van der Waals surface area contributed by atoms with Crippen molar-refractivity contribution in [3.8, 4) is 0 Å². The van der Waals surface area contributed by atoms with Crippen LogP contribution in [0.2, 0.25) is 0 Å². The number of alkyl halides is 1. The van der Waals surface area contributed by atoms with Crippen LogP contribution >= 0.6 is 15.9 Å². The Bertz CT molecular complexity index is 117. The molecule has 1 aliphatic rings. The molecule has 0 aromatic rings. The van der Waals surface area contributed by atoms with E-state index in [0.717, 1.165) is 24.5 Å². The maximum absolute atomic E-state index is 5.32. The Kier molecular flexibility index (Phi) is 3.38. The largest absolute Gasteiger partial charge is 0.381 e. The van der Waals surface area contributed by atoms with Crippen LogP contribution in [0.4, 0.5) is 0 Å². The van der Waals surface area contributed by atoms with Gasteiger partial charge in [-0.3, -0.25) is 0 Å². The van der Waals surface area contributed by atoms with E-state index in [1.165, 1.54) is 12.8 Å². The summed E-state index contributed by atoms with van der Waals surface area (Å²) < 4.78 is 5.32. The van der Waals surface area contributed by atoms with Crippen molar-refractivity contribution in [2.24, 2.45) is 11.3 Å². The third-order valence-electron chi connectivity index (χ3n) is 2.67. The third-order valence-corrected chi connectivity index (χ3v) is 4.12. The molecule has 1 fully saturated rings. The van der Waals surface area contributed by atoms with Crippen molar-refractivity contribution in [2.75, 3.05) is 18.5 Å². The Morgan fingerprint density at radius 1 is 1.36 bits per heavy atom. The molecule has 0 N–H and O–H groups in total. The topological polar surface area (TPSA) is 9.23 Å². The van der Waals surface area contributed by atoms with E-state index in [9.17, 15) is 0 Å². The van der Waals surface area contributed by atoms with Crippen LogP contribution in [-0.4, -0.2) is 18.5 Å². The summed E-state index contributed by atoms with van der Waals surface area (Å²) in [6.45, 7) is 6.58. The van der Waals surface area contributed by atoms with Crippen molar-refractivity contribution in [3.63, 3.8) is 0 Å². The summed E-state index contributed by atoms with van der Waals surface area (Å²) in [4.78, 5) is 0. The Hall–Kier alpha value is 0.440. The fourth-order valence-corrected chi connectivity index (χ4v) is 2.05. The second kappa shape index (κ2) is 3.90. The average molecular weight is 221 g/mol. The fourth-order valence-electron chi connectivity index (χ4n) is 1.59. The Morgan fingerprint density at radius 2 is 1.91 bits per heavy atom. The van der Waals surface area contributed by atoms with Crippen LogP contribution in [0.1, 0.15) is 26.7 Å². The molecule has 0 radical (unpaired) electrons. The highest BCUT2D eigenvalue weighted by Gasteiger charge is 2.29. The number of rotatable bonds is 2. The van der Waals surface area contributed by atoms with Crippen LogP contribution < -0.4 is 0 Å². The average Bonchev–Trinajstić information content (AvgIpc) is 2.06. The van der Waals surface area contributed by atoms with Gasteiger partial charge in [-0.25, -0.2) is 0 Å². The second-order valence-electron chi connectivity index (χ2n) is 4.01. The lowest BCUT2D eigenvalue weighted by molar-refractivity contribution is 0.0304. The minimum Gasteiger partial charge on any atom is -0.381 e. The van der Waals surface area contributed by atoms with Crippen LogP contribution in [-0.2, 0) is 4.74 Å². The van der Waals surface area contributed by atoms with Crippen LogP contribution in [0.25, 0.3) is 0 Å². The van der Waals surface area contributed by atoms with Crippen molar-refractivity contribution in [3.05, 3.63) is 0 Å². The van der Waals surface area contributed by atoms with Crippen molar-refractivity contribution in [2.45, 2.75) is 26.7 Å². The zero-order chi connectivity index (χ0) is 8.32. The maximum atomic E-state index is 5.32. The molecule has 1 rings (SSSR count). The minimum absolute atomic E-state index is 0.448. The standard InChI is InChI=1S/C9H17BrO/c1-9(2,7-10)8-3-5-11-6-4-8/h8H,3-7H2,1-2H3. The van der Waals surface area contributed by atoms with Gasteiger partial charge < -0.3 is 4.74 Å². The summed E-state index contributed by atoms with van der Waals surface area (Å²) >= 11 is 3.57. The summed E-state index contributed by atoms with van der Waals surface area (Å²) in [5.41, 5.74) is 0.448. The highest BCUT2D eigenvalue weighted by atomic mass is 79.9. The highest BCUT2D eigenvalue weighted by molar-refractivity contribution is 9.09. The van der Waals surface area contributed by atoms with Gasteiger partial charge in [-0.2, -0.15) is 0 Å². The molecule has 0 amide bonds. The Balaban J connectivity index is 2.43. The Labute approximate surface area is 77.6 Å². The lowest BCUT2D eigenvalue weighted by atomic mass is 9.76. The SMILES string of the molecule is CC(C)(CBr)C1CCOCC1. The van der Waals surface area contributed by atoms with E-state index in [2.05, 4.69) is 29.8 Å². The zero-order valence-electron chi connectivity index (χ0n) is 7.40. The van der Waals surface area contributed by atoms with Gasteiger partial charge in [0.2, 0.25) is 0 Å². The molecule has 0 aromatic heterocycles. The minimum atomic E-state index is 0.448. The smallest absolute Gasteiger partial charge is 0.0468 e. The van der Waals surface area contributed by atoms with E-state index in [1.54, 1.807) is 0 Å². The molecule has 1 saturated heterocycles. The van der Waals surface area contributed by atoms with Gasteiger partial charge in [0.25, 0.3) is 0 Å². The lowest BCUT2D eigenvalue weighted by Gasteiger charge is -2.35. The molecule has 0 saturated carbocycles. The summed E-state index contributed by atoms with van der Waals surface area (Å²) in [6.07, 6.45) is 2.47. The van der Waals surface area contributed by atoms with Crippen LogP contribution in [0.5, 0.6) is 0 Å². The first-order valence-corrected chi connectivity index (χ1v) is 5.42. The van der Waals surface area contributed by atoms with Crippen molar-refractivity contribution in [1.29, 1.82) is 0 Å². The lowest BCUT2D eigenvalue weighted by Crippen LogP contribution is -2.31. The molecule has 1 nitrogen and oxygen atoms in total. The normalized spacial score (nSPS) is 22.1. The molecule has 0 bridgehead atoms. The summed E-state index contributed by atoms with van der Waals surface area (Å²) in [6, 6.07) is 0. The molecule has 0 spiro atoms. The number of ether oxygens (including phenoxy) is 1. The fraction of sp³-hybridized carbons (Fsp3) is 1.00. The van der Waals surface area contributed by atoms with Crippen LogP contribution in [0, 0.1) is 11.3 Å². The van der Waals surface area contributed by atoms with E-state index < -0.39 is 0 Å². The first-order chi connectivity index (χ1) is 5.17. The first-order valence-electron chi connectivity index (χ1n) is 4.30. The molecule has 66 valence electrons. The van der Waals surface area contributed by atoms with E-state index >= 15 is 0 Å². The van der Waals surface area contributed by atoms with E-state index in [4.69, 9.17) is 4.74 Å². The predicted molar refractivity (Wildman–Crippen MR) is 51.1 cm³/mol. The number of halogens is 1. The van der Waals surface area contributed by atoms with Gasteiger partial charge in [-0.15, -0.1) is 0 Å². The molecule has 0 atom stereocenters. The summed E-state index contributed by atoms with van der Waals surface area (Å²) in [5, 5.41) is 1.10. The zero-order valence-corrected chi connectivity index (χ0v) is 8.99. The second-order valence-corrected chi connectivity index (χ2v) is 4.57. The van der Waals surface area contributed by atoms with Gasteiger partial charge in [0.15, 0.2) is 0 Å². The molecule has 1 aliphatic heterocycles. The first kappa shape index (κ1) is 9.53. The quantitative estimate of drug-likeness (QED) is 0.651. The number of hydrogen-bond acceptors (Lipinski definition) is 1. The van der Waals surface area contributed by atoms with Gasteiger partial charge in [0, 0.05) is 18.5 Å². The molecule has 0 aliphatic carbocycles. The predicted octanol–water partition coefficient (Wildman–Crippen LogP) is 2.83. The molecular formula is C9H17BrO. The molecule has 2 heteroatoms. The molecule has 0 aromatic carbocycles. The maximum Gasteiger partial charge on any atom is 0.0468 e. The Morgan fingerprint density at radius 3 is 2.36 bits per heavy atom. The van der Waals surface area contributed by atoms with Gasteiger partial charge in [-0.1, -0.05) is 29.8 Å². The van der Waals surface area contributed by atoms with E-state index in [-0.39, 0.29) is 0 Å².